The molecule has 0 unspecified atom stereocenters. The number of nitrogens with zero attached hydrogens (tertiary/aromatic N) is 3. The van der Waals surface area contributed by atoms with Crippen molar-refractivity contribution in [2.75, 3.05) is 12.3 Å². The molecular weight excluding hydrogens is 313 g/mol. The average molecular weight is 327 g/mol. The first kappa shape index (κ1) is 15.6. The number of halogens is 1. The highest BCUT2D eigenvalue weighted by molar-refractivity contribution is 6.08. The van der Waals surface area contributed by atoms with Crippen molar-refractivity contribution in [2.45, 2.75) is 24.3 Å². The summed E-state index contributed by atoms with van der Waals surface area (Å²) in [4.78, 5) is 19.2. The standard InChI is InChI=1S/C12H14FN5O5/c13-12(2-19)7(21)6(20)11(23-12)18-1-4(9(15)22)5-8(14)16-3-17-10(5)18/h1,3,6-7,11,19-21H,2H2,(H2,15,22)(H2,14,16,17)/t6-,7+,11-,12-/m1/s1. The number of alkyl halides is 1. The highest BCUT2D eigenvalue weighted by Gasteiger charge is 2.56. The van der Waals surface area contributed by atoms with Gasteiger partial charge in [0.1, 0.15) is 36.6 Å². The number of hydrogen-bond acceptors (Lipinski definition) is 8. The summed E-state index contributed by atoms with van der Waals surface area (Å²) in [6.45, 7) is -1.17. The van der Waals surface area contributed by atoms with Crippen LogP contribution in [0.1, 0.15) is 16.6 Å². The molecule has 1 aliphatic rings. The fraction of sp³-hybridized carbons (Fsp3) is 0.417. The maximum absolute atomic E-state index is 14.2. The summed E-state index contributed by atoms with van der Waals surface area (Å²) in [5.74, 6) is -3.73. The number of aliphatic hydroxyl groups is 3. The molecule has 10 nitrogen and oxygen atoms in total. The molecule has 0 radical (unpaired) electrons. The third-order valence-electron chi connectivity index (χ3n) is 3.77. The minimum atomic E-state index is -2.86. The molecule has 0 spiro atoms. The van der Waals surface area contributed by atoms with Crippen LogP contribution < -0.4 is 11.5 Å². The second kappa shape index (κ2) is 5.09. The summed E-state index contributed by atoms with van der Waals surface area (Å²) < 4.78 is 20.3. The van der Waals surface area contributed by atoms with Gasteiger partial charge in [0.25, 0.3) is 11.8 Å². The van der Waals surface area contributed by atoms with Gasteiger partial charge < -0.3 is 36.1 Å². The Bertz CT molecular complexity index is 783. The zero-order valence-corrected chi connectivity index (χ0v) is 11.6. The van der Waals surface area contributed by atoms with Crippen molar-refractivity contribution in [1.29, 1.82) is 0 Å². The lowest BCUT2D eigenvalue weighted by molar-refractivity contribution is -0.206. The molecule has 0 bridgehead atoms. The molecule has 2 aromatic heterocycles. The van der Waals surface area contributed by atoms with Crippen molar-refractivity contribution < 1.29 is 29.2 Å². The minimum absolute atomic E-state index is 0.0377. The number of amides is 1. The lowest BCUT2D eigenvalue weighted by Crippen LogP contribution is -2.42. The van der Waals surface area contributed by atoms with E-state index in [1.807, 2.05) is 0 Å². The van der Waals surface area contributed by atoms with Gasteiger partial charge in [-0.15, -0.1) is 0 Å². The number of primary amides is 1. The van der Waals surface area contributed by atoms with Crippen LogP contribution in [0.2, 0.25) is 0 Å². The van der Waals surface area contributed by atoms with E-state index >= 15 is 0 Å². The molecular formula is C12H14FN5O5. The number of aromatic nitrogens is 3. The van der Waals surface area contributed by atoms with Gasteiger partial charge in [0.2, 0.25) is 0 Å². The molecule has 3 rings (SSSR count). The van der Waals surface area contributed by atoms with Gasteiger partial charge in [-0.3, -0.25) is 4.79 Å². The number of fused-ring (bicyclic) bond motifs is 1. The van der Waals surface area contributed by atoms with E-state index in [4.69, 9.17) is 21.3 Å². The molecule has 1 fully saturated rings. The Balaban J connectivity index is 2.18. The van der Waals surface area contributed by atoms with Crippen LogP contribution >= 0.6 is 0 Å². The van der Waals surface area contributed by atoms with E-state index in [0.717, 1.165) is 10.9 Å². The number of carbonyl (C=O) groups excluding carboxylic acids is 1. The van der Waals surface area contributed by atoms with Crippen molar-refractivity contribution in [2.24, 2.45) is 5.73 Å². The molecule has 1 amide bonds. The van der Waals surface area contributed by atoms with Crippen LogP contribution in [0.15, 0.2) is 12.5 Å². The number of ether oxygens (including phenoxy) is 1. The third kappa shape index (κ3) is 2.13. The minimum Gasteiger partial charge on any atom is -0.390 e. The van der Waals surface area contributed by atoms with E-state index in [2.05, 4.69) is 9.97 Å². The largest absolute Gasteiger partial charge is 0.390 e. The van der Waals surface area contributed by atoms with Crippen molar-refractivity contribution in [3.8, 4) is 0 Å². The lowest BCUT2D eigenvalue weighted by Gasteiger charge is -2.20. The highest BCUT2D eigenvalue weighted by atomic mass is 19.2. The second-order valence-electron chi connectivity index (χ2n) is 5.16. The van der Waals surface area contributed by atoms with Crippen LogP contribution in [0.4, 0.5) is 10.2 Å². The summed E-state index contributed by atoms with van der Waals surface area (Å²) in [6.07, 6.45) is -2.90. The summed E-state index contributed by atoms with van der Waals surface area (Å²) in [6, 6.07) is 0. The van der Waals surface area contributed by atoms with E-state index in [1.165, 1.54) is 6.20 Å². The van der Waals surface area contributed by atoms with Gasteiger partial charge in [-0.05, 0) is 0 Å². The molecule has 7 N–H and O–H groups in total. The molecule has 1 aliphatic heterocycles. The van der Waals surface area contributed by atoms with Crippen molar-refractivity contribution in [3.63, 3.8) is 0 Å². The topological polar surface area (TPSA) is 170 Å². The first-order valence-corrected chi connectivity index (χ1v) is 6.54. The van der Waals surface area contributed by atoms with E-state index < -0.39 is 36.8 Å². The molecule has 4 atom stereocenters. The molecule has 2 aromatic rings. The van der Waals surface area contributed by atoms with E-state index in [9.17, 15) is 19.4 Å². The van der Waals surface area contributed by atoms with Crippen LogP contribution in [-0.2, 0) is 4.74 Å². The molecule has 1 saturated heterocycles. The molecule has 0 aromatic carbocycles. The summed E-state index contributed by atoms with van der Waals surface area (Å²) in [5, 5.41) is 28.9. The molecule has 23 heavy (non-hydrogen) atoms. The first-order valence-electron chi connectivity index (χ1n) is 6.54. The van der Waals surface area contributed by atoms with Crippen LogP contribution in [-0.4, -0.2) is 60.4 Å². The SMILES string of the molecule is NC(=O)c1cn([C@@H]2O[C@](F)(CO)[C@@H](O)[C@H]2O)c2ncnc(N)c12. The Labute approximate surface area is 128 Å². The third-order valence-corrected chi connectivity index (χ3v) is 3.77. The van der Waals surface area contributed by atoms with Gasteiger partial charge in [-0.25, -0.2) is 14.4 Å². The summed E-state index contributed by atoms with van der Waals surface area (Å²) >= 11 is 0. The number of hydrogen-bond donors (Lipinski definition) is 5. The van der Waals surface area contributed by atoms with Crippen LogP contribution in [0.3, 0.4) is 0 Å². The maximum Gasteiger partial charge on any atom is 0.263 e. The number of rotatable bonds is 3. The summed E-state index contributed by atoms with van der Waals surface area (Å²) in [7, 11) is 0. The van der Waals surface area contributed by atoms with Gasteiger partial charge in [0, 0.05) is 6.20 Å². The molecule has 3 heterocycles. The van der Waals surface area contributed by atoms with Gasteiger partial charge in [0.05, 0.1) is 10.9 Å². The quantitative estimate of drug-likeness (QED) is 0.432. The predicted molar refractivity (Wildman–Crippen MR) is 73.5 cm³/mol. The smallest absolute Gasteiger partial charge is 0.263 e. The van der Waals surface area contributed by atoms with Gasteiger partial charge >= 0.3 is 0 Å². The average Bonchev–Trinajstić information content (AvgIpc) is 3.01. The van der Waals surface area contributed by atoms with Crippen molar-refractivity contribution in [1.82, 2.24) is 14.5 Å². The second-order valence-corrected chi connectivity index (χ2v) is 5.16. The Morgan fingerprint density at radius 1 is 1.48 bits per heavy atom. The number of nitrogen functional groups attached to an aromatic ring is 1. The number of nitrogens with two attached hydrogens (primary N) is 2. The van der Waals surface area contributed by atoms with Crippen LogP contribution in [0.5, 0.6) is 0 Å². The van der Waals surface area contributed by atoms with E-state index in [1.54, 1.807) is 0 Å². The molecule has 11 heteroatoms. The van der Waals surface area contributed by atoms with Crippen molar-refractivity contribution in [3.05, 3.63) is 18.1 Å². The normalized spacial score (nSPS) is 30.9. The number of aliphatic hydroxyl groups excluding tert-OH is 3. The monoisotopic (exact) mass is 327 g/mol. The van der Waals surface area contributed by atoms with Gasteiger partial charge in [-0.1, -0.05) is 0 Å². The van der Waals surface area contributed by atoms with E-state index in [-0.39, 0.29) is 22.4 Å². The Hall–Kier alpha value is -2.34. The molecule has 0 saturated carbocycles. The number of anilines is 1. The predicted octanol–water partition coefficient (Wildman–Crippen LogP) is -1.98. The Morgan fingerprint density at radius 2 is 2.17 bits per heavy atom. The maximum atomic E-state index is 14.2. The van der Waals surface area contributed by atoms with Crippen LogP contribution in [0, 0.1) is 0 Å². The van der Waals surface area contributed by atoms with Gasteiger partial charge in [0.15, 0.2) is 6.23 Å². The Morgan fingerprint density at radius 3 is 2.74 bits per heavy atom. The van der Waals surface area contributed by atoms with Gasteiger partial charge in [-0.2, -0.15) is 0 Å². The fourth-order valence-corrected chi connectivity index (χ4v) is 2.59. The molecule has 124 valence electrons. The highest BCUT2D eigenvalue weighted by Crippen LogP contribution is 2.40. The van der Waals surface area contributed by atoms with E-state index in [0.29, 0.717) is 0 Å². The fourth-order valence-electron chi connectivity index (χ4n) is 2.59. The summed E-state index contributed by atoms with van der Waals surface area (Å²) in [5.41, 5.74) is 11.0. The number of carbonyl (C=O) groups is 1. The zero-order valence-electron chi connectivity index (χ0n) is 11.6. The lowest BCUT2D eigenvalue weighted by atomic mass is 10.1. The Kier molecular flexibility index (Phi) is 3.44. The molecule has 0 aliphatic carbocycles. The first-order chi connectivity index (χ1) is 10.8. The zero-order chi connectivity index (χ0) is 16.9. The van der Waals surface area contributed by atoms with Crippen molar-refractivity contribution >= 4 is 22.8 Å². The van der Waals surface area contributed by atoms with Crippen LogP contribution in [0.25, 0.3) is 11.0 Å².